The van der Waals surface area contributed by atoms with Crippen LogP contribution in [-0.2, 0) is 7.05 Å². The molecule has 0 aliphatic heterocycles. The Kier molecular flexibility index (Phi) is 5.25. The summed E-state index contributed by atoms with van der Waals surface area (Å²) in [5, 5.41) is 4.36. The van der Waals surface area contributed by atoms with Crippen LogP contribution in [0.5, 0.6) is 0 Å². The van der Waals surface area contributed by atoms with Crippen molar-refractivity contribution in [3.8, 4) is 0 Å². The maximum Gasteiger partial charge on any atom is 0.272 e. The van der Waals surface area contributed by atoms with Crippen molar-refractivity contribution in [1.82, 2.24) is 9.29 Å². The second-order valence-corrected chi connectivity index (χ2v) is 6.87. The van der Waals surface area contributed by atoms with Gasteiger partial charge in [0, 0.05) is 35.5 Å². The van der Waals surface area contributed by atoms with Gasteiger partial charge < -0.3 is 9.88 Å². The molecule has 2 N–H and O–H groups in total. The molecular weight excluding hydrogens is 370 g/mol. The van der Waals surface area contributed by atoms with Crippen molar-refractivity contribution in [2.24, 2.45) is 7.05 Å². The summed E-state index contributed by atoms with van der Waals surface area (Å²) in [6.07, 6.45) is 1.78. The first-order valence-electron chi connectivity index (χ1n) is 7.91. The zero-order valence-corrected chi connectivity index (χ0v) is 16.2. The molecule has 0 radical (unpaired) electrons. The Hall–Kier alpha value is -2.44. The summed E-state index contributed by atoms with van der Waals surface area (Å²) >= 11 is 7.60. The van der Waals surface area contributed by atoms with Crippen LogP contribution in [0, 0.1) is 6.92 Å². The van der Waals surface area contributed by atoms with E-state index in [1.807, 2.05) is 30.7 Å². The first-order chi connectivity index (χ1) is 12.4. The van der Waals surface area contributed by atoms with Gasteiger partial charge >= 0.3 is 0 Å². The molecule has 5 nitrogen and oxygen atoms in total. The van der Waals surface area contributed by atoms with Crippen molar-refractivity contribution in [3.63, 3.8) is 0 Å². The Morgan fingerprint density at radius 2 is 1.77 bits per heavy atom. The van der Waals surface area contributed by atoms with Gasteiger partial charge in [-0.25, -0.2) is 0 Å². The summed E-state index contributed by atoms with van der Waals surface area (Å²) in [4.78, 5) is 24.4. The van der Waals surface area contributed by atoms with E-state index in [2.05, 4.69) is 10.0 Å². The Balaban J connectivity index is 1.84. The van der Waals surface area contributed by atoms with Crippen LogP contribution in [0.1, 0.15) is 26.4 Å². The molecule has 0 saturated heterocycles. The second kappa shape index (κ2) is 7.43. The van der Waals surface area contributed by atoms with Gasteiger partial charge in [0.05, 0.1) is 5.02 Å². The number of fused-ring (bicyclic) bond motifs is 1. The molecule has 3 rings (SSSR count). The minimum Gasteiger partial charge on any atom is -0.340 e. The molecule has 3 aromatic rings. The van der Waals surface area contributed by atoms with E-state index in [0.29, 0.717) is 22.0 Å². The summed E-state index contributed by atoms with van der Waals surface area (Å²) in [6.45, 7) is 1.93. The lowest BCUT2D eigenvalue weighted by atomic mass is 10.2. The SMILES string of the molecule is CSNC(=O)c1ccc(NC(=O)c2cc3c(Cl)c(C)ccc3n2C)cc1. The lowest BCUT2D eigenvalue weighted by Gasteiger charge is -2.08. The van der Waals surface area contributed by atoms with Crippen LogP contribution >= 0.6 is 23.5 Å². The van der Waals surface area contributed by atoms with Gasteiger partial charge in [0.1, 0.15) is 5.69 Å². The smallest absolute Gasteiger partial charge is 0.272 e. The van der Waals surface area contributed by atoms with Crippen molar-refractivity contribution in [1.29, 1.82) is 0 Å². The highest BCUT2D eigenvalue weighted by atomic mass is 35.5. The van der Waals surface area contributed by atoms with E-state index in [1.165, 1.54) is 11.9 Å². The summed E-state index contributed by atoms with van der Waals surface area (Å²) < 4.78 is 4.47. The molecule has 0 atom stereocenters. The third-order valence-electron chi connectivity index (χ3n) is 4.19. The molecule has 134 valence electrons. The molecule has 7 heteroatoms. The molecule has 0 spiro atoms. The zero-order valence-electron chi connectivity index (χ0n) is 14.6. The Bertz CT molecular complexity index is 996. The first-order valence-corrected chi connectivity index (χ1v) is 9.52. The Morgan fingerprint density at radius 3 is 2.42 bits per heavy atom. The number of anilines is 1. The number of hydrogen-bond acceptors (Lipinski definition) is 3. The number of carbonyl (C=O) groups is 2. The molecule has 0 bridgehead atoms. The zero-order chi connectivity index (χ0) is 18.8. The Labute approximate surface area is 160 Å². The number of halogens is 1. The molecule has 2 amide bonds. The highest BCUT2D eigenvalue weighted by molar-refractivity contribution is 7.97. The summed E-state index contributed by atoms with van der Waals surface area (Å²) in [6, 6.07) is 12.4. The molecule has 26 heavy (non-hydrogen) atoms. The number of aryl methyl sites for hydroxylation is 2. The van der Waals surface area contributed by atoms with Gasteiger partial charge in [0.15, 0.2) is 0 Å². The van der Waals surface area contributed by atoms with E-state index in [9.17, 15) is 9.59 Å². The van der Waals surface area contributed by atoms with Crippen molar-refractivity contribution in [2.75, 3.05) is 11.6 Å². The molecule has 2 aromatic carbocycles. The number of nitrogens with one attached hydrogen (secondary N) is 2. The van der Waals surface area contributed by atoms with Gasteiger partial charge in [0.25, 0.3) is 11.8 Å². The third kappa shape index (κ3) is 3.43. The van der Waals surface area contributed by atoms with Gasteiger partial charge in [-0.1, -0.05) is 29.6 Å². The van der Waals surface area contributed by atoms with Gasteiger partial charge in [-0.05, 0) is 48.9 Å². The lowest BCUT2D eigenvalue weighted by molar-refractivity contribution is 0.0983. The van der Waals surface area contributed by atoms with E-state index in [4.69, 9.17) is 11.6 Å². The molecule has 0 saturated carbocycles. The van der Waals surface area contributed by atoms with Crippen molar-refractivity contribution >= 4 is 52.0 Å². The molecule has 0 aliphatic rings. The number of rotatable bonds is 4. The molecule has 0 fully saturated rings. The quantitative estimate of drug-likeness (QED) is 0.652. The molecule has 0 unspecified atom stereocenters. The van der Waals surface area contributed by atoms with Crippen LogP contribution in [0.25, 0.3) is 10.9 Å². The average molecular weight is 388 g/mol. The second-order valence-electron chi connectivity index (χ2n) is 5.88. The number of carbonyl (C=O) groups excluding carboxylic acids is 2. The fraction of sp³-hybridized carbons (Fsp3) is 0.158. The lowest BCUT2D eigenvalue weighted by Crippen LogP contribution is -2.17. The van der Waals surface area contributed by atoms with Crippen LogP contribution < -0.4 is 10.0 Å². The van der Waals surface area contributed by atoms with E-state index in [0.717, 1.165) is 16.5 Å². The standard InChI is InChI=1S/C19H18ClN3O2S/c1-11-4-9-15-14(17(11)20)10-16(23(15)2)19(25)21-13-7-5-12(6-8-13)18(24)22-26-3/h4-10H,1-3H3,(H,21,25)(H,22,24). The average Bonchev–Trinajstić information content (AvgIpc) is 2.96. The predicted molar refractivity (Wildman–Crippen MR) is 108 cm³/mol. The van der Waals surface area contributed by atoms with Gasteiger partial charge in [-0.3, -0.25) is 14.3 Å². The Morgan fingerprint density at radius 1 is 1.08 bits per heavy atom. The van der Waals surface area contributed by atoms with Crippen molar-refractivity contribution in [2.45, 2.75) is 6.92 Å². The first kappa shape index (κ1) is 18.4. The van der Waals surface area contributed by atoms with Crippen molar-refractivity contribution in [3.05, 3.63) is 64.3 Å². The van der Waals surface area contributed by atoms with Crippen LogP contribution in [0.15, 0.2) is 42.5 Å². The molecule has 1 aromatic heterocycles. The number of amides is 2. The minimum atomic E-state index is -0.237. The molecule has 1 heterocycles. The predicted octanol–water partition coefficient (Wildman–Crippen LogP) is 4.40. The van der Waals surface area contributed by atoms with Crippen LogP contribution in [0.4, 0.5) is 5.69 Å². The largest absolute Gasteiger partial charge is 0.340 e. The third-order valence-corrected chi connectivity index (χ3v) is 5.08. The summed E-state index contributed by atoms with van der Waals surface area (Å²) in [7, 11) is 1.83. The van der Waals surface area contributed by atoms with Crippen molar-refractivity contribution < 1.29 is 9.59 Å². The van der Waals surface area contributed by atoms with E-state index >= 15 is 0 Å². The van der Waals surface area contributed by atoms with Crippen LogP contribution in [-0.4, -0.2) is 22.6 Å². The number of nitrogens with zero attached hydrogens (tertiary/aromatic N) is 1. The number of benzene rings is 2. The van der Waals surface area contributed by atoms with E-state index < -0.39 is 0 Å². The van der Waals surface area contributed by atoms with Gasteiger partial charge in [-0.15, -0.1) is 0 Å². The van der Waals surface area contributed by atoms with Gasteiger partial charge in [-0.2, -0.15) is 0 Å². The summed E-state index contributed by atoms with van der Waals surface area (Å²) in [5.41, 5.74) is 3.52. The topological polar surface area (TPSA) is 63.1 Å². The van der Waals surface area contributed by atoms with Gasteiger partial charge in [0.2, 0.25) is 0 Å². The molecular formula is C19H18ClN3O2S. The van der Waals surface area contributed by atoms with Crippen LogP contribution in [0.2, 0.25) is 5.02 Å². The summed E-state index contributed by atoms with van der Waals surface area (Å²) in [5.74, 6) is -0.409. The fourth-order valence-electron chi connectivity index (χ4n) is 2.75. The minimum absolute atomic E-state index is 0.172. The molecule has 0 aliphatic carbocycles. The number of aromatic nitrogens is 1. The monoisotopic (exact) mass is 387 g/mol. The highest BCUT2D eigenvalue weighted by Gasteiger charge is 2.16. The number of hydrogen-bond donors (Lipinski definition) is 2. The fourth-order valence-corrected chi connectivity index (χ4v) is 3.27. The van der Waals surface area contributed by atoms with E-state index in [1.54, 1.807) is 36.6 Å². The van der Waals surface area contributed by atoms with E-state index in [-0.39, 0.29) is 11.8 Å². The maximum atomic E-state index is 12.7. The highest BCUT2D eigenvalue weighted by Crippen LogP contribution is 2.29. The van der Waals surface area contributed by atoms with Crippen LogP contribution in [0.3, 0.4) is 0 Å². The normalized spacial score (nSPS) is 10.8. The maximum absolute atomic E-state index is 12.7.